The van der Waals surface area contributed by atoms with Gasteiger partial charge in [0.15, 0.2) is 5.16 Å². The Labute approximate surface area is 161 Å². The molecule has 0 aliphatic heterocycles. The maximum atomic E-state index is 13.4. The zero-order chi connectivity index (χ0) is 18.8. The fourth-order valence-electron chi connectivity index (χ4n) is 3.51. The first-order chi connectivity index (χ1) is 13.1. The van der Waals surface area contributed by atoms with Crippen molar-refractivity contribution in [3.63, 3.8) is 0 Å². The van der Waals surface area contributed by atoms with Crippen molar-refractivity contribution >= 4 is 11.8 Å². The number of hydrogen-bond donors (Lipinski definition) is 2. The monoisotopic (exact) mass is 384 g/mol. The molecule has 1 aliphatic carbocycles. The van der Waals surface area contributed by atoms with Gasteiger partial charge in [-0.2, -0.15) is 0 Å². The minimum atomic E-state index is -0.274. The van der Waals surface area contributed by atoms with Gasteiger partial charge in [0.2, 0.25) is 0 Å². The molecule has 0 bridgehead atoms. The molecular formula is C20H21FN4OS. The number of aromatic amines is 1. The molecule has 140 valence electrons. The number of imidazole rings is 1. The Bertz CT molecular complexity index is 920. The molecule has 5 nitrogen and oxygen atoms in total. The van der Waals surface area contributed by atoms with Crippen molar-refractivity contribution < 1.29 is 9.50 Å². The largest absolute Gasteiger partial charge is 0.393 e. The number of nitrogens with one attached hydrogen (secondary N) is 1. The predicted octanol–water partition coefficient (Wildman–Crippen LogP) is 4.41. The predicted molar refractivity (Wildman–Crippen MR) is 104 cm³/mol. The molecule has 4 rings (SSSR count). The Hall–Kier alpha value is -2.25. The van der Waals surface area contributed by atoms with Crippen LogP contribution < -0.4 is 0 Å². The lowest BCUT2D eigenvalue weighted by Crippen LogP contribution is -2.17. The van der Waals surface area contributed by atoms with E-state index in [0.29, 0.717) is 5.16 Å². The van der Waals surface area contributed by atoms with Crippen LogP contribution in [0, 0.1) is 5.82 Å². The van der Waals surface area contributed by atoms with Crippen molar-refractivity contribution in [3.05, 3.63) is 48.2 Å². The third kappa shape index (κ3) is 3.89. The Morgan fingerprint density at radius 2 is 1.81 bits per heavy atom. The first kappa shape index (κ1) is 18.1. The molecular weight excluding hydrogens is 363 g/mol. The third-order valence-electron chi connectivity index (χ3n) is 5.00. The number of thioether (sulfide) groups is 1. The van der Waals surface area contributed by atoms with Gasteiger partial charge < -0.3 is 10.1 Å². The molecule has 2 N–H and O–H groups in total. The van der Waals surface area contributed by atoms with Crippen LogP contribution >= 0.6 is 11.8 Å². The number of benzene rings is 1. The van der Waals surface area contributed by atoms with E-state index < -0.39 is 0 Å². The molecule has 0 radical (unpaired) electrons. The maximum absolute atomic E-state index is 13.4. The Balaban J connectivity index is 1.78. The van der Waals surface area contributed by atoms with Crippen LogP contribution in [0.5, 0.6) is 0 Å². The fourth-order valence-corrected chi connectivity index (χ4v) is 3.87. The van der Waals surface area contributed by atoms with E-state index in [-0.39, 0.29) is 17.8 Å². The second-order valence-corrected chi connectivity index (χ2v) is 7.56. The van der Waals surface area contributed by atoms with Gasteiger partial charge in [-0.15, -0.1) is 0 Å². The van der Waals surface area contributed by atoms with Gasteiger partial charge in [-0.3, -0.25) is 0 Å². The van der Waals surface area contributed by atoms with Gasteiger partial charge in [0.25, 0.3) is 0 Å². The molecule has 1 saturated carbocycles. The van der Waals surface area contributed by atoms with E-state index >= 15 is 0 Å². The van der Waals surface area contributed by atoms with Crippen LogP contribution in [0.2, 0.25) is 0 Å². The summed E-state index contributed by atoms with van der Waals surface area (Å²) >= 11 is 1.48. The smallest absolute Gasteiger partial charge is 0.187 e. The molecule has 1 fully saturated rings. The lowest BCUT2D eigenvalue weighted by molar-refractivity contribution is 0.121. The average molecular weight is 384 g/mol. The molecule has 0 saturated heterocycles. The van der Waals surface area contributed by atoms with Gasteiger partial charge in [0.05, 0.1) is 23.2 Å². The molecule has 1 aliphatic rings. The number of aromatic nitrogens is 4. The summed E-state index contributed by atoms with van der Waals surface area (Å²) in [7, 11) is 0. The molecule has 0 atom stereocenters. The Morgan fingerprint density at radius 3 is 2.52 bits per heavy atom. The van der Waals surface area contributed by atoms with Gasteiger partial charge in [-0.1, -0.05) is 11.8 Å². The highest BCUT2D eigenvalue weighted by Gasteiger charge is 2.25. The number of aliphatic hydroxyl groups excluding tert-OH is 1. The summed E-state index contributed by atoms with van der Waals surface area (Å²) in [5.41, 5.74) is 3.19. The first-order valence-electron chi connectivity index (χ1n) is 9.05. The van der Waals surface area contributed by atoms with Gasteiger partial charge >= 0.3 is 0 Å². The van der Waals surface area contributed by atoms with E-state index in [1.54, 1.807) is 18.3 Å². The normalized spacial score (nSPS) is 20.0. The highest BCUT2D eigenvalue weighted by atomic mass is 32.2. The van der Waals surface area contributed by atoms with E-state index in [1.807, 2.05) is 12.3 Å². The molecule has 7 heteroatoms. The zero-order valence-electron chi connectivity index (χ0n) is 15.0. The number of rotatable bonds is 4. The minimum absolute atomic E-state index is 0.210. The van der Waals surface area contributed by atoms with Gasteiger partial charge in [-0.05, 0) is 62.3 Å². The first-order valence-corrected chi connectivity index (χ1v) is 10.3. The highest BCUT2D eigenvalue weighted by molar-refractivity contribution is 7.98. The van der Waals surface area contributed by atoms with Crippen LogP contribution in [-0.4, -0.2) is 37.4 Å². The quantitative estimate of drug-likeness (QED) is 0.515. The molecule has 27 heavy (non-hydrogen) atoms. The van der Waals surface area contributed by atoms with Gasteiger partial charge in [0.1, 0.15) is 11.6 Å². The van der Waals surface area contributed by atoms with Gasteiger partial charge in [-0.25, -0.2) is 19.3 Å². The molecule has 2 heterocycles. The van der Waals surface area contributed by atoms with Crippen molar-refractivity contribution in [2.24, 2.45) is 0 Å². The van der Waals surface area contributed by atoms with Crippen LogP contribution in [0.3, 0.4) is 0 Å². The van der Waals surface area contributed by atoms with E-state index in [2.05, 4.69) is 15.0 Å². The summed E-state index contributed by atoms with van der Waals surface area (Å²) < 4.78 is 13.4. The molecule has 0 unspecified atom stereocenters. The van der Waals surface area contributed by atoms with Crippen LogP contribution in [0.1, 0.15) is 37.4 Å². The van der Waals surface area contributed by atoms with Crippen LogP contribution in [0.25, 0.3) is 22.6 Å². The van der Waals surface area contributed by atoms with Crippen LogP contribution in [-0.2, 0) is 0 Å². The Kier molecular flexibility index (Phi) is 5.22. The van der Waals surface area contributed by atoms with Crippen molar-refractivity contribution in [1.82, 2.24) is 19.9 Å². The van der Waals surface area contributed by atoms with Crippen molar-refractivity contribution in [1.29, 1.82) is 0 Å². The lowest BCUT2D eigenvalue weighted by atomic mass is 9.87. The summed E-state index contributed by atoms with van der Waals surface area (Å²) in [6.45, 7) is 0. The summed E-state index contributed by atoms with van der Waals surface area (Å²) in [6, 6.07) is 8.21. The second-order valence-electron chi connectivity index (χ2n) is 6.79. The standard InChI is InChI=1S/C20H21FN4OS/c1-27-20-22-11-10-16(23-20)18-17(12-2-6-14(21)7-3-12)24-19(25-18)13-4-8-15(26)9-5-13/h2-3,6-7,10-11,13,15,26H,4-5,8-9H2,1H3,(H,24,25). The van der Waals surface area contributed by atoms with Crippen molar-refractivity contribution in [3.8, 4) is 22.6 Å². The fraction of sp³-hybridized carbons (Fsp3) is 0.350. The number of halogens is 1. The number of hydrogen-bond acceptors (Lipinski definition) is 5. The minimum Gasteiger partial charge on any atom is -0.393 e. The van der Waals surface area contributed by atoms with E-state index in [9.17, 15) is 9.50 Å². The van der Waals surface area contributed by atoms with Crippen LogP contribution in [0.4, 0.5) is 4.39 Å². The summed E-state index contributed by atoms with van der Waals surface area (Å²) in [6.07, 6.45) is 6.84. The second kappa shape index (κ2) is 7.78. The topological polar surface area (TPSA) is 74.7 Å². The molecule has 3 aromatic rings. The third-order valence-corrected chi connectivity index (χ3v) is 5.56. The van der Waals surface area contributed by atoms with Crippen molar-refractivity contribution in [2.75, 3.05) is 6.26 Å². The molecule has 1 aromatic carbocycles. The van der Waals surface area contributed by atoms with E-state index in [0.717, 1.165) is 54.2 Å². The van der Waals surface area contributed by atoms with E-state index in [1.165, 1.54) is 23.9 Å². The average Bonchev–Trinajstić information content (AvgIpc) is 3.14. The summed E-state index contributed by atoms with van der Waals surface area (Å²) in [4.78, 5) is 17.2. The molecule has 2 aromatic heterocycles. The Morgan fingerprint density at radius 1 is 1.07 bits per heavy atom. The summed E-state index contributed by atoms with van der Waals surface area (Å²) in [5.74, 6) is 0.910. The van der Waals surface area contributed by atoms with Crippen LogP contribution in [0.15, 0.2) is 41.7 Å². The summed E-state index contributed by atoms with van der Waals surface area (Å²) in [5, 5.41) is 10.5. The number of aliphatic hydroxyl groups is 1. The SMILES string of the molecule is CSc1nccc(-c2[nH]c(C3CCC(O)CC3)nc2-c2ccc(F)cc2)n1. The van der Waals surface area contributed by atoms with Gasteiger partial charge in [0, 0.05) is 17.7 Å². The highest BCUT2D eigenvalue weighted by Crippen LogP contribution is 2.36. The number of nitrogens with zero attached hydrogens (tertiary/aromatic N) is 3. The maximum Gasteiger partial charge on any atom is 0.187 e. The lowest BCUT2D eigenvalue weighted by Gasteiger charge is -2.23. The molecule has 0 spiro atoms. The van der Waals surface area contributed by atoms with E-state index in [4.69, 9.17) is 4.98 Å². The zero-order valence-corrected chi connectivity index (χ0v) is 15.8. The number of H-pyrrole nitrogens is 1. The van der Waals surface area contributed by atoms with Crippen molar-refractivity contribution in [2.45, 2.75) is 42.9 Å². The molecule has 0 amide bonds.